The van der Waals surface area contributed by atoms with Crippen LogP contribution in [0.5, 0.6) is 0 Å². The van der Waals surface area contributed by atoms with E-state index in [1.165, 1.54) is 0 Å². The summed E-state index contributed by atoms with van der Waals surface area (Å²) in [6.07, 6.45) is 2.98. The number of aliphatic hydroxyl groups excluding tert-OH is 1. The molecule has 0 fully saturated rings. The van der Waals surface area contributed by atoms with E-state index < -0.39 is 17.8 Å². The van der Waals surface area contributed by atoms with E-state index in [1.807, 2.05) is 79.7 Å². The largest absolute Gasteiger partial charge is 0.385 e. The number of aliphatic hydroxyl groups is 1. The van der Waals surface area contributed by atoms with Crippen molar-refractivity contribution in [3.8, 4) is 0 Å². The summed E-state index contributed by atoms with van der Waals surface area (Å²) in [6, 6.07) is 36.7. The summed E-state index contributed by atoms with van der Waals surface area (Å²) in [7, 11) is 0. The van der Waals surface area contributed by atoms with Crippen molar-refractivity contribution in [1.82, 2.24) is 0 Å². The first-order valence-corrected chi connectivity index (χ1v) is 11.0. The van der Waals surface area contributed by atoms with Crippen molar-refractivity contribution in [3.63, 3.8) is 0 Å². The van der Waals surface area contributed by atoms with Crippen molar-refractivity contribution in [2.75, 3.05) is 0 Å². The Labute approximate surface area is 189 Å². The molecule has 4 aromatic rings. The predicted octanol–water partition coefficient (Wildman–Crippen LogP) is 6.76. The van der Waals surface area contributed by atoms with Gasteiger partial charge in [-0.1, -0.05) is 121 Å². The van der Waals surface area contributed by atoms with Crippen LogP contribution in [0.15, 0.2) is 115 Å². The molecule has 1 aliphatic heterocycles. The van der Waals surface area contributed by atoms with Crippen molar-refractivity contribution in [2.24, 2.45) is 0 Å². The fraction of sp³-hybridized carbons (Fsp3) is 0.133. The zero-order valence-electron chi connectivity index (χ0n) is 18.1. The molecule has 1 aliphatic rings. The maximum absolute atomic E-state index is 11.4. The molecule has 5 rings (SSSR count). The number of ether oxygens (including phenoxy) is 1. The molecule has 1 N–H and O–H groups in total. The lowest BCUT2D eigenvalue weighted by Crippen LogP contribution is -2.25. The molecule has 0 bridgehead atoms. The molecule has 2 heteroatoms. The monoisotopic (exact) mass is 418 g/mol. The Morgan fingerprint density at radius 2 is 1.41 bits per heavy atom. The smallest absolute Gasteiger partial charge is 0.138 e. The highest BCUT2D eigenvalue weighted by Crippen LogP contribution is 2.52. The van der Waals surface area contributed by atoms with Crippen LogP contribution in [0.3, 0.4) is 0 Å². The molecule has 32 heavy (non-hydrogen) atoms. The van der Waals surface area contributed by atoms with Crippen LogP contribution in [0.1, 0.15) is 45.6 Å². The number of fused-ring (bicyclic) bond motifs is 1. The van der Waals surface area contributed by atoms with E-state index in [-0.39, 0.29) is 0 Å². The highest BCUT2D eigenvalue weighted by molar-refractivity contribution is 5.58. The van der Waals surface area contributed by atoms with E-state index in [0.29, 0.717) is 0 Å². The van der Waals surface area contributed by atoms with Gasteiger partial charge in [-0.3, -0.25) is 0 Å². The Kier molecular flexibility index (Phi) is 5.48. The number of benzene rings is 4. The van der Waals surface area contributed by atoms with Gasteiger partial charge in [0.15, 0.2) is 0 Å². The van der Waals surface area contributed by atoms with Crippen molar-refractivity contribution in [2.45, 2.75) is 24.7 Å². The van der Waals surface area contributed by atoms with Gasteiger partial charge in [0.25, 0.3) is 0 Å². The second-order valence-corrected chi connectivity index (χ2v) is 8.33. The highest BCUT2D eigenvalue weighted by atomic mass is 16.5. The molecule has 0 aliphatic carbocycles. The molecule has 0 saturated heterocycles. The second kappa shape index (κ2) is 8.58. The Morgan fingerprint density at radius 3 is 2.12 bits per heavy atom. The van der Waals surface area contributed by atoms with Crippen molar-refractivity contribution in [1.29, 1.82) is 0 Å². The summed E-state index contributed by atoms with van der Waals surface area (Å²) in [5.74, 6) is 0. The minimum absolute atomic E-state index is 0.477. The number of hydrogen-bond donors (Lipinski definition) is 1. The van der Waals surface area contributed by atoms with E-state index in [1.54, 1.807) is 0 Å². The number of aryl methyl sites for hydroxylation is 1. The molecule has 0 spiro atoms. The lowest BCUT2D eigenvalue weighted by atomic mass is 9.84. The molecule has 158 valence electrons. The summed E-state index contributed by atoms with van der Waals surface area (Å²) in [5.41, 5.74) is 5.45. The maximum Gasteiger partial charge on any atom is 0.138 e. The molecule has 0 aromatic heterocycles. The highest BCUT2D eigenvalue weighted by Gasteiger charge is 2.47. The van der Waals surface area contributed by atoms with Crippen molar-refractivity contribution >= 4 is 6.08 Å². The lowest BCUT2D eigenvalue weighted by molar-refractivity contribution is -0.0810. The molecular formula is C30H26O2. The minimum atomic E-state index is -0.788. The van der Waals surface area contributed by atoms with Gasteiger partial charge in [0.2, 0.25) is 0 Å². The van der Waals surface area contributed by atoms with E-state index in [4.69, 9.17) is 4.74 Å². The maximum atomic E-state index is 11.4. The van der Waals surface area contributed by atoms with E-state index in [0.717, 1.165) is 33.4 Å². The first kappa shape index (κ1) is 20.4. The number of rotatable bonds is 5. The van der Waals surface area contributed by atoms with Crippen molar-refractivity contribution in [3.05, 3.63) is 149 Å². The zero-order valence-corrected chi connectivity index (χ0v) is 18.1. The Bertz CT molecular complexity index is 1210. The van der Waals surface area contributed by atoms with Gasteiger partial charge in [-0.05, 0) is 40.8 Å². The normalized spacial score (nSPS) is 20.9. The fourth-order valence-corrected chi connectivity index (χ4v) is 4.50. The van der Waals surface area contributed by atoms with E-state index in [9.17, 15) is 5.11 Å². The molecule has 0 amide bonds. The molecule has 0 radical (unpaired) electrons. The van der Waals surface area contributed by atoms with Gasteiger partial charge < -0.3 is 9.84 Å². The topological polar surface area (TPSA) is 29.5 Å². The fourth-order valence-electron chi connectivity index (χ4n) is 4.50. The van der Waals surface area contributed by atoms with Crippen LogP contribution in [0, 0.1) is 6.92 Å². The average Bonchev–Trinajstić information content (AvgIpc) is 3.20. The molecule has 0 unspecified atom stereocenters. The van der Waals surface area contributed by atoms with Crippen molar-refractivity contribution < 1.29 is 9.84 Å². The van der Waals surface area contributed by atoms with Crippen LogP contribution in [-0.2, 0) is 10.3 Å². The molecule has 1 heterocycles. The first-order valence-electron chi connectivity index (χ1n) is 11.0. The van der Waals surface area contributed by atoms with Gasteiger partial charge in [-0.2, -0.15) is 0 Å². The van der Waals surface area contributed by atoms with Crippen LogP contribution in [0.4, 0.5) is 0 Å². The Balaban J connectivity index is 1.64. The Morgan fingerprint density at radius 1 is 0.781 bits per heavy atom. The van der Waals surface area contributed by atoms with E-state index >= 15 is 0 Å². The van der Waals surface area contributed by atoms with Gasteiger partial charge in [0, 0.05) is 0 Å². The van der Waals surface area contributed by atoms with Gasteiger partial charge in [0.1, 0.15) is 17.8 Å². The summed E-state index contributed by atoms with van der Waals surface area (Å²) in [4.78, 5) is 0. The Hall–Kier alpha value is -3.46. The van der Waals surface area contributed by atoms with Gasteiger partial charge in [0.05, 0.1) is 0 Å². The summed E-state index contributed by atoms with van der Waals surface area (Å²) in [5, 5.41) is 11.4. The third-order valence-corrected chi connectivity index (χ3v) is 6.20. The van der Waals surface area contributed by atoms with Gasteiger partial charge in [-0.25, -0.2) is 0 Å². The van der Waals surface area contributed by atoms with Crippen LogP contribution in [0.2, 0.25) is 0 Å². The lowest BCUT2D eigenvalue weighted by Gasteiger charge is -2.29. The SMILES string of the molecule is Cc1ccc([C@@H](O)[C@H]2O[C@](/C=C/c3ccccc3)(c3ccccc3)c3ccccc32)cc1. The van der Waals surface area contributed by atoms with Gasteiger partial charge in [-0.15, -0.1) is 0 Å². The predicted molar refractivity (Wildman–Crippen MR) is 129 cm³/mol. The standard InChI is InChI=1S/C30H26O2/c1-22-16-18-24(19-17-22)28(31)29-26-14-8-9-15-27(26)30(32-29,25-12-6-3-7-13-25)21-20-23-10-4-2-5-11-23/h2-21,28-29,31H,1H3/b21-20+/t28-,29+,30-/m1/s1. The molecular weight excluding hydrogens is 392 g/mol. The number of hydrogen-bond acceptors (Lipinski definition) is 2. The third kappa shape index (κ3) is 3.69. The minimum Gasteiger partial charge on any atom is -0.385 e. The summed E-state index contributed by atoms with van der Waals surface area (Å²) in [6.45, 7) is 2.05. The molecule has 4 aromatic carbocycles. The third-order valence-electron chi connectivity index (χ3n) is 6.20. The van der Waals surface area contributed by atoms with E-state index in [2.05, 4.69) is 48.6 Å². The van der Waals surface area contributed by atoms with Crippen LogP contribution in [-0.4, -0.2) is 5.11 Å². The average molecular weight is 419 g/mol. The van der Waals surface area contributed by atoms with Crippen LogP contribution >= 0.6 is 0 Å². The molecule has 3 atom stereocenters. The van der Waals surface area contributed by atoms with Crippen LogP contribution in [0.25, 0.3) is 6.08 Å². The van der Waals surface area contributed by atoms with Crippen LogP contribution < -0.4 is 0 Å². The molecule has 2 nitrogen and oxygen atoms in total. The quantitative estimate of drug-likeness (QED) is 0.388. The second-order valence-electron chi connectivity index (χ2n) is 8.33. The zero-order chi connectivity index (χ0) is 22.0. The first-order chi connectivity index (χ1) is 15.7. The summed E-state index contributed by atoms with van der Waals surface area (Å²) < 4.78 is 6.84. The van der Waals surface area contributed by atoms with Gasteiger partial charge >= 0.3 is 0 Å². The molecule has 0 saturated carbocycles. The summed E-state index contributed by atoms with van der Waals surface area (Å²) >= 11 is 0.